The third-order valence-electron chi connectivity index (χ3n) is 3.80. The summed E-state index contributed by atoms with van der Waals surface area (Å²) in [6.45, 7) is 5.53. The minimum atomic E-state index is -0.448. The Morgan fingerprint density at radius 1 is 1.25 bits per heavy atom. The van der Waals surface area contributed by atoms with Crippen LogP contribution in [0, 0.1) is 11.6 Å². The van der Waals surface area contributed by atoms with Crippen LogP contribution in [0.2, 0.25) is 0 Å². The first-order valence-corrected chi connectivity index (χ1v) is 8.02. The first kappa shape index (κ1) is 15.9. The molecule has 1 aromatic rings. The van der Waals surface area contributed by atoms with Gasteiger partial charge in [0.1, 0.15) is 11.6 Å². The van der Waals surface area contributed by atoms with Crippen molar-refractivity contribution in [3.8, 4) is 0 Å². The van der Waals surface area contributed by atoms with Crippen molar-refractivity contribution in [2.24, 2.45) is 0 Å². The summed E-state index contributed by atoms with van der Waals surface area (Å²) >= 11 is 3.14. The zero-order chi connectivity index (χ0) is 14.5. The Morgan fingerprint density at radius 3 is 2.40 bits per heavy atom. The third-order valence-corrected chi connectivity index (χ3v) is 4.26. The molecule has 1 N–H and O–H groups in total. The molecule has 0 bridgehead atoms. The van der Waals surface area contributed by atoms with Crippen LogP contribution in [0.4, 0.5) is 8.78 Å². The standard InChI is InChI=1S/C15H21BrF2N2/c1-2-3-4-14(20-7-5-19-6-8-20)15-12(17)9-11(16)10-13(15)18/h9-10,14,19H,2-8H2,1H3/t14-/m1/s1. The SMILES string of the molecule is CCCC[C@H](c1c(F)cc(Br)cc1F)N1CCNCC1. The van der Waals surface area contributed by atoms with E-state index in [1.165, 1.54) is 12.1 Å². The molecule has 5 heteroatoms. The molecule has 1 heterocycles. The van der Waals surface area contributed by atoms with Gasteiger partial charge in [-0.2, -0.15) is 0 Å². The van der Waals surface area contributed by atoms with Crippen molar-refractivity contribution in [2.75, 3.05) is 26.2 Å². The molecule has 1 aromatic carbocycles. The Labute approximate surface area is 127 Å². The molecule has 0 amide bonds. The first-order chi connectivity index (χ1) is 9.63. The van der Waals surface area contributed by atoms with E-state index in [1.54, 1.807) is 0 Å². The van der Waals surface area contributed by atoms with Crippen LogP contribution in [0.15, 0.2) is 16.6 Å². The molecule has 1 atom stereocenters. The normalized spacial score (nSPS) is 18.2. The molecular formula is C15H21BrF2N2. The maximum absolute atomic E-state index is 14.2. The Kier molecular flexibility index (Phi) is 5.93. The minimum absolute atomic E-state index is 0.162. The molecule has 1 aliphatic heterocycles. The molecule has 0 saturated carbocycles. The van der Waals surface area contributed by atoms with Crippen LogP contribution in [0.25, 0.3) is 0 Å². The molecule has 0 aliphatic carbocycles. The second-order valence-electron chi connectivity index (χ2n) is 5.23. The van der Waals surface area contributed by atoms with Gasteiger partial charge in [-0.25, -0.2) is 8.78 Å². The fourth-order valence-corrected chi connectivity index (χ4v) is 3.17. The maximum Gasteiger partial charge on any atom is 0.132 e. The van der Waals surface area contributed by atoms with E-state index in [0.717, 1.165) is 45.4 Å². The van der Waals surface area contributed by atoms with E-state index in [0.29, 0.717) is 4.47 Å². The van der Waals surface area contributed by atoms with Crippen LogP contribution >= 0.6 is 15.9 Å². The van der Waals surface area contributed by atoms with Crippen molar-refractivity contribution in [1.82, 2.24) is 10.2 Å². The molecule has 1 fully saturated rings. The molecule has 1 saturated heterocycles. The average Bonchev–Trinajstić information content (AvgIpc) is 2.42. The third kappa shape index (κ3) is 3.77. The summed E-state index contributed by atoms with van der Waals surface area (Å²) in [7, 11) is 0. The van der Waals surface area contributed by atoms with Gasteiger partial charge in [0.25, 0.3) is 0 Å². The molecule has 2 rings (SSSR count). The molecule has 0 unspecified atom stereocenters. The van der Waals surface area contributed by atoms with Gasteiger partial charge >= 0.3 is 0 Å². The lowest BCUT2D eigenvalue weighted by molar-refractivity contribution is 0.156. The number of hydrogen-bond acceptors (Lipinski definition) is 2. The van der Waals surface area contributed by atoms with Gasteiger partial charge in [-0.15, -0.1) is 0 Å². The van der Waals surface area contributed by atoms with Crippen LogP contribution in [0.3, 0.4) is 0 Å². The van der Waals surface area contributed by atoms with Crippen molar-refractivity contribution < 1.29 is 8.78 Å². The molecule has 0 radical (unpaired) electrons. The molecule has 0 aromatic heterocycles. The highest BCUT2D eigenvalue weighted by Crippen LogP contribution is 2.32. The summed E-state index contributed by atoms with van der Waals surface area (Å²) in [6.07, 6.45) is 2.80. The molecule has 1 aliphatic rings. The number of nitrogens with one attached hydrogen (secondary N) is 1. The Hall–Kier alpha value is -0.520. The van der Waals surface area contributed by atoms with Gasteiger partial charge < -0.3 is 5.32 Å². The number of halogens is 3. The number of hydrogen-bond donors (Lipinski definition) is 1. The van der Waals surface area contributed by atoms with Crippen molar-refractivity contribution in [1.29, 1.82) is 0 Å². The van der Waals surface area contributed by atoms with E-state index in [1.807, 2.05) is 0 Å². The van der Waals surface area contributed by atoms with Gasteiger partial charge in [-0.1, -0.05) is 35.7 Å². The number of rotatable bonds is 5. The summed E-state index contributed by atoms with van der Waals surface area (Å²) in [4.78, 5) is 2.20. The number of unbranched alkanes of at least 4 members (excludes halogenated alkanes) is 1. The smallest absolute Gasteiger partial charge is 0.132 e. The maximum atomic E-state index is 14.2. The molecule has 2 nitrogen and oxygen atoms in total. The van der Waals surface area contributed by atoms with E-state index < -0.39 is 11.6 Å². The summed E-state index contributed by atoms with van der Waals surface area (Å²) in [5.74, 6) is -0.895. The Balaban J connectivity index is 2.29. The van der Waals surface area contributed by atoms with Crippen LogP contribution < -0.4 is 5.32 Å². The quantitative estimate of drug-likeness (QED) is 0.870. The van der Waals surface area contributed by atoms with E-state index in [4.69, 9.17) is 0 Å². The first-order valence-electron chi connectivity index (χ1n) is 7.22. The summed E-state index contributed by atoms with van der Waals surface area (Å²) in [5.41, 5.74) is 0.226. The van der Waals surface area contributed by atoms with Crippen LogP contribution in [0.5, 0.6) is 0 Å². The van der Waals surface area contributed by atoms with Crippen LogP contribution in [-0.4, -0.2) is 31.1 Å². The van der Waals surface area contributed by atoms with Crippen molar-refractivity contribution in [3.05, 3.63) is 33.8 Å². The van der Waals surface area contributed by atoms with Crippen LogP contribution in [-0.2, 0) is 0 Å². The average molecular weight is 347 g/mol. The lowest BCUT2D eigenvalue weighted by atomic mass is 9.97. The topological polar surface area (TPSA) is 15.3 Å². The van der Waals surface area contributed by atoms with Crippen molar-refractivity contribution in [3.63, 3.8) is 0 Å². The predicted octanol–water partition coefficient (Wildman–Crippen LogP) is 3.86. The highest BCUT2D eigenvalue weighted by atomic mass is 79.9. The fourth-order valence-electron chi connectivity index (χ4n) is 2.77. The minimum Gasteiger partial charge on any atom is -0.314 e. The summed E-state index contributed by atoms with van der Waals surface area (Å²) in [5, 5.41) is 3.28. The molecule has 112 valence electrons. The van der Waals surface area contributed by atoms with Gasteiger partial charge in [0.15, 0.2) is 0 Å². The van der Waals surface area contributed by atoms with E-state index in [-0.39, 0.29) is 11.6 Å². The highest BCUT2D eigenvalue weighted by Gasteiger charge is 2.27. The van der Waals surface area contributed by atoms with Gasteiger partial charge in [0.05, 0.1) is 0 Å². The molecular weight excluding hydrogens is 326 g/mol. The fraction of sp³-hybridized carbons (Fsp3) is 0.600. The molecule has 0 spiro atoms. The largest absolute Gasteiger partial charge is 0.314 e. The second kappa shape index (κ2) is 7.48. The summed E-state index contributed by atoms with van der Waals surface area (Å²) in [6, 6.07) is 2.56. The molecule has 20 heavy (non-hydrogen) atoms. The van der Waals surface area contributed by atoms with Crippen LogP contribution in [0.1, 0.15) is 37.8 Å². The Bertz CT molecular complexity index is 424. The van der Waals surface area contributed by atoms with Gasteiger partial charge in [-0.3, -0.25) is 4.90 Å². The predicted molar refractivity (Wildman–Crippen MR) is 80.8 cm³/mol. The zero-order valence-electron chi connectivity index (χ0n) is 11.8. The summed E-state index contributed by atoms with van der Waals surface area (Å²) < 4.78 is 28.9. The van der Waals surface area contributed by atoms with E-state index >= 15 is 0 Å². The second-order valence-corrected chi connectivity index (χ2v) is 6.14. The number of nitrogens with zero attached hydrogens (tertiary/aromatic N) is 1. The number of benzene rings is 1. The van der Waals surface area contributed by atoms with Gasteiger partial charge in [-0.05, 0) is 18.6 Å². The Morgan fingerprint density at radius 2 is 1.85 bits per heavy atom. The van der Waals surface area contributed by atoms with Gasteiger partial charge in [0.2, 0.25) is 0 Å². The highest BCUT2D eigenvalue weighted by molar-refractivity contribution is 9.10. The van der Waals surface area contributed by atoms with E-state index in [2.05, 4.69) is 33.1 Å². The van der Waals surface area contributed by atoms with Gasteiger partial charge in [0, 0.05) is 42.3 Å². The van der Waals surface area contributed by atoms with Crippen molar-refractivity contribution in [2.45, 2.75) is 32.2 Å². The lowest BCUT2D eigenvalue weighted by Crippen LogP contribution is -2.45. The zero-order valence-corrected chi connectivity index (χ0v) is 13.3. The lowest BCUT2D eigenvalue weighted by Gasteiger charge is -2.35. The number of piperazine rings is 1. The monoisotopic (exact) mass is 346 g/mol. The van der Waals surface area contributed by atoms with E-state index in [9.17, 15) is 8.78 Å². The van der Waals surface area contributed by atoms with Crippen molar-refractivity contribution >= 4 is 15.9 Å².